The van der Waals surface area contributed by atoms with Crippen LogP contribution in [0.3, 0.4) is 0 Å². The number of halogens is 1. The number of aryl methyl sites for hydroxylation is 1. The van der Waals surface area contributed by atoms with E-state index in [2.05, 4.69) is 26.0 Å². The number of thiophene rings is 1. The molecular weight excluding hydrogens is 360 g/mol. The van der Waals surface area contributed by atoms with E-state index in [1.807, 2.05) is 25.4 Å². The van der Waals surface area contributed by atoms with Gasteiger partial charge in [-0.15, -0.1) is 11.3 Å². The summed E-state index contributed by atoms with van der Waals surface area (Å²) in [6.07, 6.45) is 0. The molecule has 0 spiro atoms. The Balaban J connectivity index is 2.23. The minimum absolute atomic E-state index is 0.323. The Labute approximate surface area is 131 Å². The first-order valence-electron chi connectivity index (χ1n) is 5.93. The number of benzene rings is 1. The molecule has 4 nitrogen and oxygen atoms in total. The Morgan fingerprint density at radius 1 is 1.30 bits per heavy atom. The van der Waals surface area contributed by atoms with E-state index in [1.165, 1.54) is 11.3 Å². The molecule has 0 radical (unpaired) electrons. The molecule has 1 aromatic carbocycles. The molecule has 0 atom stereocenters. The predicted molar refractivity (Wildman–Crippen MR) is 86.8 cm³/mol. The van der Waals surface area contributed by atoms with Crippen LogP contribution < -0.4 is 10.0 Å². The van der Waals surface area contributed by atoms with E-state index >= 15 is 0 Å². The Morgan fingerprint density at radius 2 is 2.05 bits per heavy atom. The Hall–Kier alpha value is -0.890. The van der Waals surface area contributed by atoms with Gasteiger partial charge < -0.3 is 5.32 Å². The third-order valence-electron chi connectivity index (χ3n) is 2.69. The molecule has 0 saturated heterocycles. The second-order valence-corrected chi connectivity index (χ2v) is 8.05. The maximum Gasteiger partial charge on any atom is 0.271 e. The van der Waals surface area contributed by atoms with Gasteiger partial charge in [-0.2, -0.15) is 0 Å². The van der Waals surface area contributed by atoms with Crippen LogP contribution >= 0.6 is 27.3 Å². The smallest absolute Gasteiger partial charge is 0.271 e. The van der Waals surface area contributed by atoms with E-state index in [0.29, 0.717) is 16.4 Å². The highest BCUT2D eigenvalue weighted by atomic mass is 79.9. The summed E-state index contributed by atoms with van der Waals surface area (Å²) >= 11 is 4.62. The summed E-state index contributed by atoms with van der Waals surface area (Å²) in [4.78, 5) is 0. The average Bonchev–Trinajstić information content (AvgIpc) is 2.83. The maximum absolute atomic E-state index is 12.3. The van der Waals surface area contributed by atoms with Crippen LogP contribution in [-0.4, -0.2) is 15.5 Å². The summed E-state index contributed by atoms with van der Waals surface area (Å²) in [5.41, 5.74) is 2.51. The minimum atomic E-state index is -3.51. The van der Waals surface area contributed by atoms with Gasteiger partial charge in [-0.05, 0) is 54.7 Å². The summed E-state index contributed by atoms with van der Waals surface area (Å²) in [6, 6.07) is 7.05. The Bertz CT molecular complexity index is 711. The lowest BCUT2D eigenvalue weighted by atomic mass is 10.2. The summed E-state index contributed by atoms with van der Waals surface area (Å²) < 4.78 is 28.4. The molecular formula is C13H15BrN2O2S2. The van der Waals surface area contributed by atoms with Gasteiger partial charge in [0.2, 0.25) is 0 Å². The molecule has 7 heteroatoms. The zero-order valence-corrected chi connectivity index (χ0v) is 14.3. The SMILES string of the molecule is CNCc1csc(S(=O)(=O)Nc2ccc(Br)c(C)c2)c1. The molecule has 0 aliphatic rings. The topological polar surface area (TPSA) is 58.2 Å². The number of hydrogen-bond donors (Lipinski definition) is 2. The number of rotatable bonds is 5. The quantitative estimate of drug-likeness (QED) is 0.843. The van der Waals surface area contributed by atoms with Crippen molar-refractivity contribution in [2.24, 2.45) is 0 Å². The fourth-order valence-electron chi connectivity index (χ4n) is 1.70. The minimum Gasteiger partial charge on any atom is -0.316 e. The summed E-state index contributed by atoms with van der Waals surface area (Å²) in [7, 11) is -1.69. The third-order valence-corrected chi connectivity index (χ3v) is 6.45. The van der Waals surface area contributed by atoms with Gasteiger partial charge >= 0.3 is 0 Å². The highest BCUT2D eigenvalue weighted by molar-refractivity contribution is 9.10. The predicted octanol–water partition coefficient (Wildman–Crippen LogP) is 3.34. The van der Waals surface area contributed by atoms with Crippen molar-refractivity contribution in [3.8, 4) is 0 Å². The highest BCUT2D eigenvalue weighted by Gasteiger charge is 2.17. The van der Waals surface area contributed by atoms with Gasteiger partial charge in [0.05, 0.1) is 0 Å². The Kier molecular flexibility index (Phi) is 4.85. The van der Waals surface area contributed by atoms with Gasteiger partial charge in [0, 0.05) is 16.7 Å². The van der Waals surface area contributed by atoms with Crippen LogP contribution in [0.4, 0.5) is 5.69 Å². The van der Waals surface area contributed by atoms with Crippen molar-refractivity contribution in [2.75, 3.05) is 11.8 Å². The zero-order chi connectivity index (χ0) is 14.8. The maximum atomic E-state index is 12.3. The van der Waals surface area contributed by atoms with E-state index in [4.69, 9.17) is 0 Å². The van der Waals surface area contributed by atoms with E-state index in [-0.39, 0.29) is 0 Å². The van der Waals surface area contributed by atoms with Gasteiger partial charge in [0.15, 0.2) is 0 Å². The van der Waals surface area contributed by atoms with E-state index in [9.17, 15) is 8.42 Å². The first-order chi connectivity index (χ1) is 9.42. The largest absolute Gasteiger partial charge is 0.316 e. The van der Waals surface area contributed by atoms with Gasteiger partial charge in [-0.25, -0.2) is 8.42 Å². The van der Waals surface area contributed by atoms with Crippen LogP contribution in [0.15, 0.2) is 38.3 Å². The molecule has 108 valence electrons. The van der Waals surface area contributed by atoms with E-state index in [0.717, 1.165) is 15.6 Å². The van der Waals surface area contributed by atoms with Crippen LogP contribution in [0.1, 0.15) is 11.1 Å². The lowest BCUT2D eigenvalue weighted by Crippen LogP contribution is -2.11. The molecule has 0 aliphatic heterocycles. The van der Waals surface area contributed by atoms with E-state index in [1.54, 1.807) is 18.2 Å². The van der Waals surface area contributed by atoms with Crippen molar-refractivity contribution in [2.45, 2.75) is 17.7 Å². The number of nitrogens with one attached hydrogen (secondary N) is 2. The van der Waals surface area contributed by atoms with Crippen molar-refractivity contribution in [1.82, 2.24) is 5.32 Å². The van der Waals surface area contributed by atoms with Crippen molar-refractivity contribution >= 4 is 43.0 Å². The molecule has 0 aliphatic carbocycles. The van der Waals surface area contributed by atoms with Crippen molar-refractivity contribution in [1.29, 1.82) is 0 Å². The number of anilines is 1. The monoisotopic (exact) mass is 374 g/mol. The Morgan fingerprint density at radius 3 is 2.70 bits per heavy atom. The van der Waals surface area contributed by atoms with Gasteiger partial charge in [0.1, 0.15) is 4.21 Å². The van der Waals surface area contributed by atoms with Gasteiger partial charge in [-0.1, -0.05) is 15.9 Å². The molecule has 2 aromatic rings. The van der Waals surface area contributed by atoms with Crippen LogP contribution in [0.5, 0.6) is 0 Å². The molecule has 0 saturated carbocycles. The molecule has 0 bridgehead atoms. The summed E-state index contributed by atoms with van der Waals surface area (Å²) in [5.74, 6) is 0. The molecule has 2 N–H and O–H groups in total. The lowest BCUT2D eigenvalue weighted by Gasteiger charge is -2.07. The second-order valence-electron chi connectivity index (χ2n) is 4.37. The molecule has 2 rings (SSSR count). The molecule has 20 heavy (non-hydrogen) atoms. The zero-order valence-electron chi connectivity index (χ0n) is 11.1. The van der Waals surface area contributed by atoms with Gasteiger partial charge in [-0.3, -0.25) is 4.72 Å². The molecule has 1 aromatic heterocycles. The summed E-state index contributed by atoms with van der Waals surface area (Å²) in [6.45, 7) is 2.57. The standard InChI is InChI=1S/C13H15BrN2O2S2/c1-9-5-11(3-4-12(9)14)16-20(17,18)13-6-10(7-15-2)8-19-13/h3-6,8,15-16H,7H2,1-2H3. The van der Waals surface area contributed by atoms with Crippen molar-refractivity contribution in [3.63, 3.8) is 0 Å². The van der Waals surface area contributed by atoms with Crippen molar-refractivity contribution < 1.29 is 8.42 Å². The molecule has 0 unspecified atom stereocenters. The highest BCUT2D eigenvalue weighted by Crippen LogP contribution is 2.25. The lowest BCUT2D eigenvalue weighted by molar-refractivity contribution is 0.603. The first kappa shape index (κ1) is 15.5. The fourth-order valence-corrected chi connectivity index (χ4v) is 4.21. The number of hydrogen-bond acceptors (Lipinski definition) is 4. The van der Waals surface area contributed by atoms with Crippen LogP contribution in [0.2, 0.25) is 0 Å². The molecule has 1 heterocycles. The third kappa shape index (κ3) is 3.60. The van der Waals surface area contributed by atoms with Crippen LogP contribution in [-0.2, 0) is 16.6 Å². The van der Waals surface area contributed by atoms with Crippen molar-refractivity contribution in [3.05, 3.63) is 45.2 Å². The molecule has 0 fully saturated rings. The number of sulfonamides is 1. The summed E-state index contributed by atoms with van der Waals surface area (Å²) in [5, 5.41) is 4.84. The second kappa shape index (κ2) is 6.26. The normalized spacial score (nSPS) is 11.6. The van der Waals surface area contributed by atoms with Gasteiger partial charge in [0.25, 0.3) is 10.0 Å². The average molecular weight is 375 g/mol. The van der Waals surface area contributed by atoms with E-state index < -0.39 is 10.0 Å². The first-order valence-corrected chi connectivity index (χ1v) is 9.09. The molecule has 0 amide bonds. The van der Waals surface area contributed by atoms with Crippen LogP contribution in [0, 0.1) is 6.92 Å². The van der Waals surface area contributed by atoms with Crippen LogP contribution in [0.25, 0.3) is 0 Å². The fraction of sp³-hybridized carbons (Fsp3) is 0.231.